The number of nitrogen functional groups attached to an aromatic ring is 1. The lowest BCUT2D eigenvalue weighted by molar-refractivity contribution is 0.601. The Morgan fingerprint density at radius 2 is 1.56 bits per heavy atom. The van der Waals surface area contributed by atoms with Gasteiger partial charge in [0, 0.05) is 11.4 Å². The number of fused-ring (bicyclic) bond motifs is 1. The first-order chi connectivity index (χ1) is 12.9. The Bertz CT molecular complexity index is 1210. The van der Waals surface area contributed by atoms with Crippen LogP contribution in [0.4, 0.5) is 11.4 Å². The van der Waals surface area contributed by atoms with Gasteiger partial charge in [-0.15, -0.1) is 10.2 Å². The van der Waals surface area contributed by atoms with Crippen LogP contribution in [0.2, 0.25) is 0 Å². The summed E-state index contributed by atoms with van der Waals surface area (Å²) < 4.78 is 27.7. The van der Waals surface area contributed by atoms with Crippen molar-refractivity contribution in [1.82, 2.24) is 15.0 Å². The van der Waals surface area contributed by atoms with Gasteiger partial charge in [0.05, 0.1) is 10.6 Å². The molecule has 0 fully saturated rings. The summed E-state index contributed by atoms with van der Waals surface area (Å²) in [5.74, 6) is 0. The van der Waals surface area contributed by atoms with Gasteiger partial charge in [-0.05, 0) is 61.5 Å². The van der Waals surface area contributed by atoms with E-state index >= 15 is 0 Å². The van der Waals surface area contributed by atoms with Crippen molar-refractivity contribution in [1.29, 1.82) is 0 Å². The molecular formula is C19H17N5O2S. The summed E-state index contributed by atoms with van der Waals surface area (Å²) in [4.78, 5) is 1.61. The van der Waals surface area contributed by atoms with Crippen molar-refractivity contribution in [2.45, 2.75) is 11.8 Å². The number of nitrogens with zero attached hydrogens (tertiary/aromatic N) is 3. The fourth-order valence-corrected chi connectivity index (χ4v) is 3.70. The first-order valence-electron chi connectivity index (χ1n) is 8.23. The van der Waals surface area contributed by atoms with E-state index < -0.39 is 10.0 Å². The highest BCUT2D eigenvalue weighted by atomic mass is 32.2. The van der Waals surface area contributed by atoms with Crippen LogP contribution >= 0.6 is 0 Å². The predicted molar refractivity (Wildman–Crippen MR) is 105 cm³/mol. The monoisotopic (exact) mass is 379 g/mol. The van der Waals surface area contributed by atoms with Crippen LogP contribution in [-0.4, -0.2) is 23.4 Å². The molecule has 0 aliphatic rings. The zero-order valence-corrected chi connectivity index (χ0v) is 15.3. The maximum atomic E-state index is 12.5. The summed E-state index contributed by atoms with van der Waals surface area (Å²) >= 11 is 0. The predicted octanol–water partition coefficient (Wildman–Crippen LogP) is 3.11. The molecule has 0 aliphatic heterocycles. The molecule has 3 aromatic carbocycles. The zero-order valence-electron chi connectivity index (χ0n) is 14.5. The van der Waals surface area contributed by atoms with Crippen molar-refractivity contribution in [3.05, 3.63) is 72.3 Å². The van der Waals surface area contributed by atoms with Gasteiger partial charge >= 0.3 is 0 Å². The molecule has 3 N–H and O–H groups in total. The van der Waals surface area contributed by atoms with E-state index in [1.165, 1.54) is 16.9 Å². The van der Waals surface area contributed by atoms with Gasteiger partial charge in [0.15, 0.2) is 0 Å². The number of rotatable bonds is 4. The molecule has 0 aliphatic carbocycles. The molecule has 0 unspecified atom stereocenters. The average Bonchev–Trinajstić information content (AvgIpc) is 3.07. The van der Waals surface area contributed by atoms with Gasteiger partial charge in [0.2, 0.25) is 0 Å². The summed E-state index contributed by atoms with van der Waals surface area (Å²) in [6.07, 6.45) is 0. The van der Waals surface area contributed by atoms with E-state index in [4.69, 9.17) is 5.73 Å². The molecule has 1 aromatic heterocycles. The molecule has 4 aromatic rings. The average molecular weight is 379 g/mol. The number of sulfonamides is 1. The van der Waals surface area contributed by atoms with Crippen molar-refractivity contribution >= 4 is 32.4 Å². The highest BCUT2D eigenvalue weighted by Gasteiger charge is 2.14. The van der Waals surface area contributed by atoms with Crippen LogP contribution in [0.3, 0.4) is 0 Å². The molecule has 0 amide bonds. The fourth-order valence-electron chi connectivity index (χ4n) is 2.64. The minimum absolute atomic E-state index is 0.160. The van der Waals surface area contributed by atoms with Crippen LogP contribution in [0, 0.1) is 6.92 Å². The Morgan fingerprint density at radius 1 is 0.889 bits per heavy atom. The molecule has 0 saturated heterocycles. The first-order valence-corrected chi connectivity index (χ1v) is 9.72. The topological polar surface area (TPSA) is 103 Å². The Morgan fingerprint density at radius 3 is 2.26 bits per heavy atom. The first kappa shape index (κ1) is 17.0. The summed E-state index contributed by atoms with van der Waals surface area (Å²) in [7, 11) is -3.67. The Hall–Kier alpha value is -3.39. The molecule has 0 bridgehead atoms. The van der Waals surface area contributed by atoms with Gasteiger partial charge in [-0.3, -0.25) is 4.72 Å². The Balaban J connectivity index is 1.61. The minimum Gasteiger partial charge on any atom is -0.399 e. The van der Waals surface area contributed by atoms with Crippen molar-refractivity contribution in [2.24, 2.45) is 0 Å². The lowest BCUT2D eigenvalue weighted by atomic mass is 10.2. The number of anilines is 2. The van der Waals surface area contributed by atoms with E-state index in [0.29, 0.717) is 28.1 Å². The number of nitrogens with one attached hydrogen (secondary N) is 1. The van der Waals surface area contributed by atoms with Crippen LogP contribution in [0.5, 0.6) is 0 Å². The third-order valence-electron chi connectivity index (χ3n) is 4.09. The largest absolute Gasteiger partial charge is 0.399 e. The second-order valence-electron chi connectivity index (χ2n) is 6.20. The van der Waals surface area contributed by atoms with Crippen molar-refractivity contribution in [3.63, 3.8) is 0 Å². The zero-order chi connectivity index (χ0) is 19.0. The van der Waals surface area contributed by atoms with Crippen LogP contribution in [0.1, 0.15) is 5.56 Å². The van der Waals surface area contributed by atoms with Gasteiger partial charge in [-0.2, -0.15) is 4.80 Å². The van der Waals surface area contributed by atoms with Gasteiger partial charge < -0.3 is 5.73 Å². The molecular weight excluding hydrogens is 362 g/mol. The summed E-state index contributed by atoms with van der Waals surface area (Å²) in [6, 6.07) is 18.8. The quantitative estimate of drug-likeness (QED) is 0.530. The van der Waals surface area contributed by atoms with E-state index in [1.807, 2.05) is 19.1 Å². The van der Waals surface area contributed by atoms with Gasteiger partial charge in [-0.25, -0.2) is 8.42 Å². The number of aromatic nitrogens is 3. The second kappa shape index (κ2) is 6.40. The number of benzene rings is 3. The normalized spacial score (nSPS) is 11.6. The second-order valence-corrected chi connectivity index (χ2v) is 7.89. The highest BCUT2D eigenvalue weighted by molar-refractivity contribution is 7.92. The molecule has 27 heavy (non-hydrogen) atoms. The fraction of sp³-hybridized carbons (Fsp3) is 0.0526. The van der Waals surface area contributed by atoms with Crippen LogP contribution < -0.4 is 10.5 Å². The van der Waals surface area contributed by atoms with Crippen LogP contribution in [-0.2, 0) is 10.0 Å². The molecule has 4 rings (SSSR count). The molecule has 0 saturated carbocycles. The summed E-state index contributed by atoms with van der Waals surface area (Å²) in [5, 5.41) is 8.75. The maximum Gasteiger partial charge on any atom is 0.261 e. The van der Waals surface area contributed by atoms with Crippen LogP contribution in [0.15, 0.2) is 71.6 Å². The van der Waals surface area contributed by atoms with Crippen LogP contribution in [0.25, 0.3) is 16.7 Å². The molecule has 136 valence electrons. The molecule has 0 radical (unpaired) electrons. The number of hydrogen-bond donors (Lipinski definition) is 2. The standard InChI is InChI=1S/C19H17N5O2S/c1-13-2-5-15(6-3-13)23-27(25,26)17-9-7-16(8-10-17)24-21-18-11-4-14(20)12-19(18)22-24/h2-12,23H,20H2,1H3. The van der Waals surface area contributed by atoms with Crippen molar-refractivity contribution in [2.75, 3.05) is 10.5 Å². The van der Waals surface area contributed by atoms with Gasteiger partial charge in [0.25, 0.3) is 10.0 Å². The molecule has 8 heteroatoms. The van der Waals surface area contributed by atoms with Gasteiger partial charge in [-0.1, -0.05) is 17.7 Å². The van der Waals surface area contributed by atoms with Gasteiger partial charge in [0.1, 0.15) is 11.0 Å². The lowest BCUT2D eigenvalue weighted by Crippen LogP contribution is -2.13. The smallest absolute Gasteiger partial charge is 0.261 e. The molecule has 7 nitrogen and oxygen atoms in total. The SMILES string of the molecule is Cc1ccc(NS(=O)(=O)c2ccc(-n3nc4ccc(N)cc4n3)cc2)cc1. The van der Waals surface area contributed by atoms with E-state index in [1.54, 1.807) is 42.5 Å². The van der Waals surface area contributed by atoms with E-state index in [-0.39, 0.29) is 4.90 Å². The number of nitrogens with two attached hydrogens (primary N) is 1. The third-order valence-corrected chi connectivity index (χ3v) is 5.48. The Labute approximate surface area is 156 Å². The van der Waals surface area contributed by atoms with E-state index in [0.717, 1.165) is 5.56 Å². The van der Waals surface area contributed by atoms with Crippen molar-refractivity contribution in [3.8, 4) is 5.69 Å². The number of hydrogen-bond acceptors (Lipinski definition) is 5. The Kier molecular flexibility index (Phi) is 4.04. The van der Waals surface area contributed by atoms with E-state index in [9.17, 15) is 8.42 Å². The lowest BCUT2D eigenvalue weighted by Gasteiger charge is -2.09. The molecule has 0 atom stereocenters. The van der Waals surface area contributed by atoms with E-state index in [2.05, 4.69) is 14.9 Å². The van der Waals surface area contributed by atoms with Crippen molar-refractivity contribution < 1.29 is 8.42 Å². The number of aryl methyl sites for hydroxylation is 1. The minimum atomic E-state index is -3.67. The summed E-state index contributed by atoms with van der Waals surface area (Å²) in [6.45, 7) is 1.94. The highest BCUT2D eigenvalue weighted by Crippen LogP contribution is 2.19. The summed E-state index contributed by atoms with van der Waals surface area (Å²) in [5.41, 5.74) is 9.98. The molecule has 1 heterocycles. The maximum absolute atomic E-state index is 12.5. The molecule has 0 spiro atoms. The third kappa shape index (κ3) is 3.47.